The second-order valence-corrected chi connectivity index (χ2v) is 7.21. The zero-order valence-corrected chi connectivity index (χ0v) is 11.8. The van der Waals surface area contributed by atoms with Crippen molar-refractivity contribution in [1.82, 2.24) is 0 Å². The molecule has 11 heteroatoms. The SMILES string of the molecule is FC(F)(CCCC[n+]1ccccc1)C(F)(F)S(F)(F)(F)(F)F. The Bertz CT molecular complexity index is 511. The number of hydrogen-bond acceptors (Lipinski definition) is 0. The van der Waals surface area contributed by atoms with E-state index in [-0.39, 0.29) is 13.0 Å². The van der Waals surface area contributed by atoms with Crippen LogP contribution in [0.25, 0.3) is 0 Å². The summed E-state index contributed by atoms with van der Waals surface area (Å²) in [6.45, 7) is 0.0822. The van der Waals surface area contributed by atoms with Crippen LogP contribution in [0.1, 0.15) is 19.3 Å². The highest BCUT2D eigenvalue weighted by molar-refractivity contribution is 8.46. The Kier molecular flexibility index (Phi) is 4.24. The van der Waals surface area contributed by atoms with Crippen molar-refractivity contribution in [3.05, 3.63) is 30.6 Å². The van der Waals surface area contributed by atoms with Crippen LogP contribution in [-0.2, 0) is 6.54 Å². The molecule has 0 radical (unpaired) electrons. The van der Waals surface area contributed by atoms with E-state index in [2.05, 4.69) is 0 Å². The van der Waals surface area contributed by atoms with Gasteiger partial charge in [0.25, 0.3) is 0 Å². The minimum Gasteiger partial charge on any atom is -0.205 e. The third kappa shape index (κ3) is 3.99. The summed E-state index contributed by atoms with van der Waals surface area (Å²) in [5.74, 6) is -5.86. The number of rotatable bonds is 7. The molecule has 0 unspecified atom stereocenters. The molecule has 0 N–H and O–H groups in total. The van der Waals surface area contributed by atoms with E-state index in [1.165, 1.54) is 17.0 Å². The molecule has 0 aromatic carbocycles. The van der Waals surface area contributed by atoms with Gasteiger partial charge >= 0.3 is 21.4 Å². The fraction of sp³-hybridized carbons (Fsp3) is 0.545. The monoisotopic (exact) mass is 362 g/mol. The van der Waals surface area contributed by atoms with Gasteiger partial charge in [0.15, 0.2) is 12.4 Å². The van der Waals surface area contributed by atoms with Gasteiger partial charge in [-0.2, -0.15) is 17.6 Å². The molecule has 1 rings (SSSR count). The molecule has 130 valence electrons. The van der Waals surface area contributed by atoms with E-state index >= 15 is 0 Å². The van der Waals surface area contributed by atoms with Crippen molar-refractivity contribution in [1.29, 1.82) is 0 Å². The lowest BCUT2D eigenvalue weighted by Crippen LogP contribution is -2.48. The molecule has 0 saturated heterocycles. The largest absolute Gasteiger partial charge is 0.443 e. The van der Waals surface area contributed by atoms with Crippen LogP contribution in [-0.4, -0.2) is 11.2 Å². The Morgan fingerprint density at radius 2 is 1.27 bits per heavy atom. The molecular formula is C11H13F9NS+. The van der Waals surface area contributed by atoms with Gasteiger partial charge in [0.05, 0.1) is 0 Å². The quantitative estimate of drug-likeness (QED) is 0.334. The van der Waals surface area contributed by atoms with Crippen molar-refractivity contribution >= 4 is 10.2 Å². The fourth-order valence-corrected chi connectivity index (χ4v) is 2.32. The lowest BCUT2D eigenvalue weighted by atomic mass is 10.1. The number of halogens is 9. The second kappa shape index (κ2) is 4.93. The molecule has 0 aliphatic heterocycles. The van der Waals surface area contributed by atoms with Gasteiger partial charge in [-0.15, -0.1) is 0 Å². The van der Waals surface area contributed by atoms with Crippen LogP contribution in [0.4, 0.5) is 37.0 Å². The van der Waals surface area contributed by atoms with Crippen molar-refractivity contribution in [3.63, 3.8) is 0 Å². The summed E-state index contributed by atoms with van der Waals surface area (Å²) < 4.78 is 113. The summed E-state index contributed by atoms with van der Waals surface area (Å²) in [7, 11) is -11.7. The fourth-order valence-electron chi connectivity index (χ4n) is 1.65. The van der Waals surface area contributed by atoms with Crippen LogP contribution in [0.15, 0.2) is 30.6 Å². The van der Waals surface area contributed by atoms with Gasteiger partial charge in [-0.1, -0.05) is 25.5 Å². The summed E-state index contributed by atoms with van der Waals surface area (Å²) in [5, 5.41) is -7.34. The second-order valence-electron chi connectivity index (χ2n) is 4.76. The predicted octanol–water partition coefficient (Wildman–Crippen LogP) is 5.67. The van der Waals surface area contributed by atoms with Gasteiger partial charge in [-0.25, -0.2) is 4.57 Å². The molecule has 0 atom stereocenters. The van der Waals surface area contributed by atoms with E-state index in [1.807, 2.05) is 0 Å². The van der Waals surface area contributed by atoms with E-state index in [0.717, 1.165) is 0 Å². The van der Waals surface area contributed by atoms with Gasteiger partial charge in [0.1, 0.15) is 6.54 Å². The van der Waals surface area contributed by atoms with Crippen molar-refractivity contribution in [2.75, 3.05) is 0 Å². The first-order valence-corrected chi connectivity index (χ1v) is 7.95. The Balaban J connectivity index is 2.68. The first-order chi connectivity index (χ1) is 9.57. The number of aryl methyl sites for hydroxylation is 1. The van der Waals surface area contributed by atoms with Crippen molar-refractivity contribution in [2.24, 2.45) is 0 Å². The number of aromatic nitrogens is 1. The zero-order valence-electron chi connectivity index (χ0n) is 11.0. The average molecular weight is 362 g/mol. The number of nitrogens with zero attached hydrogens (tertiary/aromatic N) is 1. The number of unbranched alkanes of at least 4 members (excludes halogenated alkanes) is 1. The molecule has 22 heavy (non-hydrogen) atoms. The number of hydrogen-bond donors (Lipinski definition) is 0. The summed E-state index contributed by atoms with van der Waals surface area (Å²) in [4.78, 5) is 0. The zero-order chi connectivity index (χ0) is 17.3. The molecule has 0 spiro atoms. The van der Waals surface area contributed by atoms with Crippen LogP contribution in [0, 0.1) is 0 Å². The Morgan fingerprint density at radius 1 is 0.773 bits per heavy atom. The van der Waals surface area contributed by atoms with Crippen LogP contribution < -0.4 is 4.57 Å². The highest BCUT2D eigenvalue weighted by Gasteiger charge is 2.90. The van der Waals surface area contributed by atoms with Gasteiger partial charge in [-0.05, 0) is 6.42 Å². The molecule has 1 nitrogen and oxygen atoms in total. The van der Waals surface area contributed by atoms with Crippen molar-refractivity contribution in [2.45, 2.75) is 37.0 Å². The predicted molar refractivity (Wildman–Crippen MR) is 63.5 cm³/mol. The van der Waals surface area contributed by atoms with Crippen LogP contribution in [0.3, 0.4) is 0 Å². The lowest BCUT2D eigenvalue weighted by molar-refractivity contribution is -0.697. The van der Waals surface area contributed by atoms with Gasteiger partial charge in [-0.3, -0.25) is 0 Å². The van der Waals surface area contributed by atoms with Crippen LogP contribution >= 0.6 is 10.2 Å². The summed E-state index contributed by atoms with van der Waals surface area (Å²) in [6, 6.07) is 4.84. The Labute approximate surface area is 120 Å². The van der Waals surface area contributed by atoms with E-state index in [0.29, 0.717) is 0 Å². The maximum atomic E-state index is 13.0. The van der Waals surface area contributed by atoms with Gasteiger partial charge in [0, 0.05) is 25.0 Å². The van der Waals surface area contributed by atoms with Gasteiger partial charge < -0.3 is 0 Å². The average Bonchev–Trinajstić information content (AvgIpc) is 2.32. The summed E-state index contributed by atoms with van der Waals surface area (Å²) in [6.07, 6.45) is 0.140. The van der Waals surface area contributed by atoms with E-state index in [4.69, 9.17) is 0 Å². The molecule has 1 aromatic heterocycles. The normalized spacial score (nSPS) is 17.0. The highest BCUT2D eigenvalue weighted by Crippen LogP contribution is 3.05. The maximum Gasteiger partial charge on any atom is 0.443 e. The molecule has 0 aliphatic carbocycles. The molecular weight excluding hydrogens is 349 g/mol. The van der Waals surface area contributed by atoms with E-state index in [1.54, 1.807) is 18.2 Å². The molecule has 0 aliphatic rings. The first kappa shape index (κ1) is 18.9. The summed E-state index contributed by atoms with van der Waals surface area (Å²) >= 11 is 0. The smallest absolute Gasteiger partial charge is 0.205 e. The molecule has 0 bridgehead atoms. The Hall–Kier alpha value is -1.13. The van der Waals surface area contributed by atoms with Gasteiger partial charge in [0.2, 0.25) is 0 Å². The minimum atomic E-state index is -11.7. The summed E-state index contributed by atoms with van der Waals surface area (Å²) in [5.41, 5.74) is 0. The standard InChI is InChI=1S/C11H13F9NS/c12-10(13,11(14,15)22(16,17,18,19)20)6-2-5-9-21-7-3-1-4-8-21/h1,3-4,7-8H,2,5-6,9H2/q+1. The minimum absolute atomic E-state index is 0.0822. The molecule has 1 heterocycles. The molecule has 0 saturated carbocycles. The lowest BCUT2D eigenvalue weighted by Gasteiger charge is -2.48. The highest BCUT2D eigenvalue weighted by atomic mass is 32.5. The number of alkyl halides is 4. The third-order valence-electron chi connectivity index (χ3n) is 2.84. The van der Waals surface area contributed by atoms with Crippen LogP contribution in [0.2, 0.25) is 0 Å². The van der Waals surface area contributed by atoms with Crippen LogP contribution in [0.5, 0.6) is 0 Å². The topological polar surface area (TPSA) is 3.88 Å². The molecule has 1 aromatic rings. The Morgan fingerprint density at radius 3 is 1.73 bits per heavy atom. The molecule has 0 fully saturated rings. The number of pyridine rings is 1. The first-order valence-electron chi connectivity index (χ1n) is 6.00. The van der Waals surface area contributed by atoms with Crippen molar-refractivity contribution < 1.29 is 41.6 Å². The third-order valence-corrected chi connectivity index (χ3v) is 4.11. The van der Waals surface area contributed by atoms with E-state index in [9.17, 15) is 37.0 Å². The maximum absolute atomic E-state index is 13.0. The van der Waals surface area contributed by atoms with Crippen molar-refractivity contribution in [3.8, 4) is 0 Å². The van der Waals surface area contributed by atoms with E-state index < -0.39 is 34.2 Å². The molecule has 0 amide bonds.